The molecule has 0 N–H and O–H groups in total. The zero-order valence-corrected chi connectivity index (χ0v) is 17.1. The van der Waals surface area contributed by atoms with Crippen LogP contribution in [0.3, 0.4) is 0 Å². The zero-order chi connectivity index (χ0) is 19.5. The van der Waals surface area contributed by atoms with Gasteiger partial charge in [0.1, 0.15) is 5.69 Å². The van der Waals surface area contributed by atoms with Crippen LogP contribution in [-0.4, -0.2) is 81.6 Å². The number of aromatic nitrogens is 2. The Hall–Kier alpha value is -1.89. The van der Waals surface area contributed by atoms with Gasteiger partial charge in [0.05, 0.1) is 5.92 Å². The van der Waals surface area contributed by atoms with Crippen molar-refractivity contribution in [1.29, 1.82) is 0 Å². The number of carbonyl (C=O) groups is 2. The maximum absolute atomic E-state index is 12.8. The minimum absolute atomic E-state index is 0.0476. The zero-order valence-electron chi connectivity index (χ0n) is 17.1. The van der Waals surface area contributed by atoms with Crippen LogP contribution in [0, 0.1) is 5.92 Å². The molecular formula is C21H33N5O2. The van der Waals surface area contributed by atoms with Crippen molar-refractivity contribution in [1.82, 2.24) is 24.5 Å². The van der Waals surface area contributed by atoms with E-state index in [-0.39, 0.29) is 11.8 Å². The molecule has 0 spiro atoms. The minimum Gasteiger partial charge on any atom is -0.342 e. The van der Waals surface area contributed by atoms with Crippen LogP contribution in [-0.2, 0) is 11.3 Å². The summed E-state index contributed by atoms with van der Waals surface area (Å²) in [5, 5.41) is 4.35. The van der Waals surface area contributed by atoms with E-state index in [1.54, 1.807) is 4.68 Å². The van der Waals surface area contributed by atoms with Crippen LogP contribution in [0.4, 0.5) is 0 Å². The lowest BCUT2D eigenvalue weighted by Crippen LogP contribution is -2.51. The predicted octanol–water partition coefficient (Wildman–Crippen LogP) is 1.84. The molecule has 4 rings (SSSR count). The maximum atomic E-state index is 12.8. The van der Waals surface area contributed by atoms with Gasteiger partial charge in [0.2, 0.25) is 5.91 Å². The maximum Gasteiger partial charge on any atom is 0.274 e. The van der Waals surface area contributed by atoms with Gasteiger partial charge in [-0.05, 0) is 58.1 Å². The third-order valence-corrected chi connectivity index (χ3v) is 6.67. The number of carbonyl (C=O) groups excluding carboxylic acids is 2. The summed E-state index contributed by atoms with van der Waals surface area (Å²) in [6.07, 6.45) is 8.30. The fourth-order valence-electron chi connectivity index (χ4n) is 4.98. The first kappa shape index (κ1) is 19.4. The highest BCUT2D eigenvalue weighted by Crippen LogP contribution is 2.26. The van der Waals surface area contributed by atoms with Gasteiger partial charge in [-0.2, -0.15) is 5.10 Å². The third kappa shape index (κ3) is 4.09. The monoisotopic (exact) mass is 387 g/mol. The number of aryl methyl sites for hydroxylation is 1. The summed E-state index contributed by atoms with van der Waals surface area (Å²) >= 11 is 0. The summed E-state index contributed by atoms with van der Waals surface area (Å²) in [6, 6.07) is 2.31. The van der Waals surface area contributed by atoms with E-state index < -0.39 is 0 Å². The molecule has 7 heteroatoms. The van der Waals surface area contributed by atoms with Gasteiger partial charge < -0.3 is 9.80 Å². The summed E-state index contributed by atoms with van der Waals surface area (Å²) in [5.41, 5.74) is 0.551. The summed E-state index contributed by atoms with van der Waals surface area (Å²) in [4.78, 5) is 32.0. The van der Waals surface area contributed by atoms with Crippen molar-refractivity contribution in [3.63, 3.8) is 0 Å². The largest absolute Gasteiger partial charge is 0.342 e. The second-order valence-corrected chi connectivity index (χ2v) is 8.45. The number of likely N-dealkylation sites (tertiary alicyclic amines) is 3. The summed E-state index contributed by atoms with van der Waals surface area (Å²) < 4.78 is 1.80. The van der Waals surface area contributed by atoms with E-state index in [0.29, 0.717) is 17.6 Å². The second-order valence-electron chi connectivity index (χ2n) is 8.45. The molecule has 0 aromatic carbocycles. The van der Waals surface area contributed by atoms with E-state index in [9.17, 15) is 9.59 Å². The van der Waals surface area contributed by atoms with E-state index in [4.69, 9.17) is 0 Å². The number of amides is 2. The smallest absolute Gasteiger partial charge is 0.274 e. The van der Waals surface area contributed by atoms with E-state index in [1.165, 1.54) is 0 Å². The summed E-state index contributed by atoms with van der Waals surface area (Å²) in [7, 11) is 0. The second kappa shape index (κ2) is 8.64. The Morgan fingerprint density at radius 2 is 1.75 bits per heavy atom. The van der Waals surface area contributed by atoms with Crippen molar-refractivity contribution in [3.05, 3.63) is 18.0 Å². The van der Waals surface area contributed by atoms with Gasteiger partial charge in [0, 0.05) is 51.5 Å². The minimum atomic E-state index is 0.0476. The number of rotatable bonds is 4. The van der Waals surface area contributed by atoms with Gasteiger partial charge in [-0.1, -0.05) is 0 Å². The lowest BCUT2D eigenvalue weighted by Gasteiger charge is -2.42. The first-order valence-electron chi connectivity index (χ1n) is 11.0. The molecule has 1 atom stereocenters. The highest BCUT2D eigenvalue weighted by atomic mass is 16.2. The predicted molar refractivity (Wildman–Crippen MR) is 107 cm³/mol. The number of piperidine rings is 2. The van der Waals surface area contributed by atoms with Crippen molar-refractivity contribution < 1.29 is 9.59 Å². The van der Waals surface area contributed by atoms with Crippen LogP contribution in [0.2, 0.25) is 0 Å². The molecule has 7 nitrogen and oxygen atoms in total. The normalized spacial score (nSPS) is 24.7. The van der Waals surface area contributed by atoms with Gasteiger partial charge in [-0.15, -0.1) is 0 Å². The van der Waals surface area contributed by atoms with Crippen LogP contribution in [0.15, 0.2) is 12.3 Å². The third-order valence-electron chi connectivity index (χ3n) is 6.67. The van der Waals surface area contributed by atoms with Crippen LogP contribution >= 0.6 is 0 Å². The van der Waals surface area contributed by atoms with E-state index >= 15 is 0 Å². The molecule has 3 aliphatic heterocycles. The molecule has 3 aliphatic rings. The Morgan fingerprint density at radius 3 is 2.43 bits per heavy atom. The quantitative estimate of drug-likeness (QED) is 0.791. The molecule has 3 fully saturated rings. The molecule has 0 radical (unpaired) electrons. The Balaban J connectivity index is 1.29. The van der Waals surface area contributed by atoms with E-state index in [1.807, 2.05) is 24.1 Å². The van der Waals surface area contributed by atoms with Crippen LogP contribution < -0.4 is 0 Å². The van der Waals surface area contributed by atoms with Crippen molar-refractivity contribution in [2.45, 2.75) is 58.0 Å². The first-order valence-corrected chi connectivity index (χ1v) is 11.0. The molecule has 3 saturated heterocycles. The lowest BCUT2D eigenvalue weighted by molar-refractivity contribution is -0.136. The number of hydrogen-bond acceptors (Lipinski definition) is 4. The number of hydrogen-bond donors (Lipinski definition) is 0. The average molecular weight is 388 g/mol. The molecule has 154 valence electrons. The highest BCUT2D eigenvalue weighted by molar-refractivity contribution is 5.92. The molecule has 28 heavy (non-hydrogen) atoms. The summed E-state index contributed by atoms with van der Waals surface area (Å²) in [6.45, 7) is 8.24. The van der Waals surface area contributed by atoms with Crippen LogP contribution in [0.5, 0.6) is 0 Å². The molecule has 0 saturated carbocycles. The molecule has 0 bridgehead atoms. The van der Waals surface area contributed by atoms with Gasteiger partial charge in [-0.3, -0.25) is 19.2 Å². The Labute approximate surface area is 167 Å². The molecule has 1 aromatic rings. The fourth-order valence-corrected chi connectivity index (χ4v) is 4.98. The van der Waals surface area contributed by atoms with Crippen LogP contribution in [0.25, 0.3) is 0 Å². The molecule has 0 aliphatic carbocycles. The van der Waals surface area contributed by atoms with Crippen molar-refractivity contribution in [2.24, 2.45) is 5.92 Å². The van der Waals surface area contributed by atoms with Gasteiger partial charge in [0.15, 0.2) is 0 Å². The molecular weight excluding hydrogens is 354 g/mol. The SMILES string of the molecule is CCn1ccc(C(=O)N2CCC(N3CCC[C@@H](C(=O)N4CCCC4)C3)CC2)n1. The average Bonchev–Trinajstić information content (AvgIpc) is 3.45. The number of nitrogens with zero attached hydrogens (tertiary/aromatic N) is 5. The molecule has 2 amide bonds. The van der Waals surface area contributed by atoms with E-state index in [2.05, 4.69) is 14.9 Å². The molecule has 0 unspecified atom stereocenters. The Bertz CT molecular complexity index is 689. The van der Waals surface area contributed by atoms with Crippen molar-refractivity contribution >= 4 is 11.8 Å². The lowest BCUT2D eigenvalue weighted by atomic mass is 9.93. The van der Waals surface area contributed by atoms with Crippen molar-refractivity contribution in [2.75, 3.05) is 39.3 Å². The topological polar surface area (TPSA) is 61.7 Å². The Kier molecular flexibility index (Phi) is 5.99. The van der Waals surface area contributed by atoms with Gasteiger partial charge in [-0.25, -0.2) is 0 Å². The van der Waals surface area contributed by atoms with Gasteiger partial charge in [0.25, 0.3) is 5.91 Å². The highest BCUT2D eigenvalue weighted by Gasteiger charge is 2.35. The first-order chi connectivity index (χ1) is 13.7. The Morgan fingerprint density at radius 1 is 1.00 bits per heavy atom. The molecule has 4 heterocycles. The van der Waals surface area contributed by atoms with Crippen molar-refractivity contribution in [3.8, 4) is 0 Å². The van der Waals surface area contributed by atoms with Gasteiger partial charge >= 0.3 is 0 Å². The summed E-state index contributed by atoms with van der Waals surface area (Å²) in [5.74, 6) is 0.595. The fraction of sp³-hybridized carbons (Fsp3) is 0.762. The standard InChI is InChI=1S/C21H33N5O2/c1-2-26-15-9-19(22-26)21(28)24-13-7-18(8-14-24)25-12-5-6-17(16-25)20(27)23-10-3-4-11-23/h9,15,17-18H,2-8,10-14,16H2,1H3/t17-/m1/s1. The molecule has 1 aromatic heterocycles. The van der Waals surface area contributed by atoms with E-state index in [0.717, 1.165) is 84.3 Å². The van der Waals surface area contributed by atoms with Crippen LogP contribution in [0.1, 0.15) is 55.9 Å².